The van der Waals surface area contributed by atoms with Crippen LogP contribution >= 0.6 is 0 Å². The van der Waals surface area contributed by atoms with Crippen molar-refractivity contribution in [2.24, 2.45) is 5.92 Å². The summed E-state index contributed by atoms with van der Waals surface area (Å²) in [5, 5.41) is 9.23. The van der Waals surface area contributed by atoms with Crippen LogP contribution in [0.1, 0.15) is 23.7 Å². The summed E-state index contributed by atoms with van der Waals surface area (Å²) in [6, 6.07) is 7.27. The molecule has 1 saturated heterocycles. The van der Waals surface area contributed by atoms with Crippen molar-refractivity contribution in [3.05, 3.63) is 29.8 Å². The maximum atomic E-state index is 12.4. The molecule has 0 radical (unpaired) electrons. The molecule has 0 spiro atoms. The molecular formula is C14H19NO3. The second-order valence-corrected chi connectivity index (χ2v) is 4.70. The van der Waals surface area contributed by atoms with Gasteiger partial charge in [0.25, 0.3) is 5.91 Å². The van der Waals surface area contributed by atoms with Crippen LogP contribution in [0, 0.1) is 5.92 Å². The van der Waals surface area contributed by atoms with E-state index in [0.717, 1.165) is 6.42 Å². The molecule has 0 unspecified atom stereocenters. The molecule has 18 heavy (non-hydrogen) atoms. The summed E-state index contributed by atoms with van der Waals surface area (Å²) in [5.74, 6) is 0.892. The second-order valence-electron chi connectivity index (χ2n) is 4.70. The molecular weight excluding hydrogens is 230 g/mol. The molecule has 4 nitrogen and oxygen atoms in total. The van der Waals surface area contributed by atoms with Crippen LogP contribution in [0.15, 0.2) is 24.3 Å². The number of amides is 1. The Bertz CT molecular complexity index is 433. The Kier molecular flexibility index (Phi) is 3.87. The lowest BCUT2D eigenvalue weighted by molar-refractivity contribution is 0.0716. The molecule has 1 amide bonds. The summed E-state index contributed by atoms with van der Waals surface area (Å²) in [4.78, 5) is 14.2. The minimum absolute atomic E-state index is 0.0114. The molecule has 2 rings (SSSR count). The maximum Gasteiger partial charge on any atom is 0.254 e. The highest BCUT2D eigenvalue weighted by Gasteiger charge is 2.33. The first-order valence-electron chi connectivity index (χ1n) is 6.23. The van der Waals surface area contributed by atoms with E-state index in [2.05, 4.69) is 0 Å². The van der Waals surface area contributed by atoms with Gasteiger partial charge in [-0.15, -0.1) is 0 Å². The first kappa shape index (κ1) is 12.9. The van der Waals surface area contributed by atoms with Crippen LogP contribution in [-0.4, -0.2) is 42.2 Å². The third-order valence-corrected chi connectivity index (χ3v) is 3.73. The lowest BCUT2D eigenvalue weighted by Gasteiger charge is -2.24. The van der Waals surface area contributed by atoms with Crippen molar-refractivity contribution in [3.63, 3.8) is 0 Å². The van der Waals surface area contributed by atoms with Crippen LogP contribution < -0.4 is 4.74 Å². The summed E-state index contributed by atoms with van der Waals surface area (Å²) in [7, 11) is 1.59. The van der Waals surface area contributed by atoms with E-state index in [9.17, 15) is 9.90 Å². The number of hydrogen-bond acceptors (Lipinski definition) is 3. The third-order valence-electron chi connectivity index (χ3n) is 3.73. The minimum Gasteiger partial charge on any atom is -0.497 e. The van der Waals surface area contributed by atoms with Gasteiger partial charge in [-0.25, -0.2) is 0 Å². The zero-order chi connectivity index (χ0) is 13.1. The highest BCUT2D eigenvalue weighted by molar-refractivity contribution is 5.95. The van der Waals surface area contributed by atoms with Gasteiger partial charge >= 0.3 is 0 Å². The maximum absolute atomic E-state index is 12.4. The Morgan fingerprint density at radius 3 is 2.94 bits per heavy atom. The summed E-state index contributed by atoms with van der Waals surface area (Å²) in [6.07, 6.45) is 0.868. The van der Waals surface area contributed by atoms with Crippen molar-refractivity contribution < 1.29 is 14.6 Å². The first-order valence-corrected chi connectivity index (χ1v) is 6.23. The zero-order valence-electron chi connectivity index (χ0n) is 10.8. The number of likely N-dealkylation sites (tertiary alicyclic amines) is 1. The minimum atomic E-state index is 0.0114. The molecule has 0 aromatic heterocycles. The van der Waals surface area contributed by atoms with Crippen molar-refractivity contribution in [2.45, 2.75) is 19.4 Å². The van der Waals surface area contributed by atoms with E-state index in [4.69, 9.17) is 4.74 Å². The summed E-state index contributed by atoms with van der Waals surface area (Å²) in [5.41, 5.74) is 0.639. The van der Waals surface area contributed by atoms with Gasteiger partial charge in [-0.2, -0.15) is 0 Å². The van der Waals surface area contributed by atoms with Crippen LogP contribution in [0.2, 0.25) is 0 Å². The average Bonchev–Trinajstić information content (AvgIpc) is 2.79. The van der Waals surface area contributed by atoms with E-state index in [1.165, 1.54) is 0 Å². The topological polar surface area (TPSA) is 49.8 Å². The Hall–Kier alpha value is -1.55. The molecule has 4 heteroatoms. The van der Waals surface area contributed by atoms with E-state index < -0.39 is 0 Å². The Labute approximate surface area is 107 Å². The van der Waals surface area contributed by atoms with Crippen LogP contribution in [0.4, 0.5) is 0 Å². The number of carbonyl (C=O) groups excluding carboxylic acids is 1. The van der Waals surface area contributed by atoms with Gasteiger partial charge < -0.3 is 14.7 Å². The quantitative estimate of drug-likeness (QED) is 0.884. The molecule has 98 valence electrons. The Balaban J connectivity index is 2.16. The SMILES string of the molecule is COc1cccc(C(=O)N2CC[C@H](CO)[C@H]2C)c1. The number of aliphatic hydroxyl groups is 1. The van der Waals surface area contributed by atoms with Crippen LogP contribution in [0.25, 0.3) is 0 Å². The summed E-state index contributed by atoms with van der Waals surface area (Å²) in [6.45, 7) is 2.84. The number of aliphatic hydroxyl groups excluding tert-OH is 1. The second kappa shape index (κ2) is 5.40. The van der Waals surface area contributed by atoms with Crippen molar-refractivity contribution in [1.29, 1.82) is 0 Å². The highest BCUT2D eigenvalue weighted by Crippen LogP contribution is 2.26. The molecule has 0 saturated carbocycles. The average molecular weight is 249 g/mol. The van der Waals surface area contributed by atoms with Gasteiger partial charge in [-0.05, 0) is 31.5 Å². The monoisotopic (exact) mass is 249 g/mol. The van der Waals surface area contributed by atoms with Gasteiger partial charge in [0, 0.05) is 30.7 Å². The number of nitrogens with zero attached hydrogens (tertiary/aromatic N) is 1. The van der Waals surface area contributed by atoms with Crippen molar-refractivity contribution in [2.75, 3.05) is 20.3 Å². The molecule has 0 aliphatic carbocycles. The van der Waals surface area contributed by atoms with E-state index in [1.807, 2.05) is 24.0 Å². The van der Waals surface area contributed by atoms with Gasteiger partial charge in [0.2, 0.25) is 0 Å². The molecule has 1 N–H and O–H groups in total. The van der Waals surface area contributed by atoms with Crippen molar-refractivity contribution in [1.82, 2.24) is 4.90 Å². The molecule has 1 aliphatic rings. The van der Waals surface area contributed by atoms with Gasteiger partial charge in [-0.3, -0.25) is 4.79 Å². The number of rotatable bonds is 3. The van der Waals surface area contributed by atoms with Gasteiger partial charge in [0.15, 0.2) is 0 Å². The molecule has 1 aromatic carbocycles. The van der Waals surface area contributed by atoms with E-state index >= 15 is 0 Å². The number of methoxy groups -OCH3 is 1. The molecule has 0 bridgehead atoms. The standard InChI is InChI=1S/C14H19NO3/c1-10-12(9-16)6-7-15(10)14(17)11-4-3-5-13(8-11)18-2/h3-5,8,10,12,16H,6-7,9H2,1-2H3/t10-,12-/m1/s1. The highest BCUT2D eigenvalue weighted by atomic mass is 16.5. The normalized spacial score (nSPS) is 23.2. The van der Waals surface area contributed by atoms with Gasteiger partial charge in [0.05, 0.1) is 7.11 Å². The summed E-state index contributed by atoms with van der Waals surface area (Å²) >= 11 is 0. The van der Waals surface area contributed by atoms with Crippen LogP contribution in [0.3, 0.4) is 0 Å². The lowest BCUT2D eigenvalue weighted by Crippen LogP contribution is -2.36. The number of carbonyl (C=O) groups is 1. The molecule has 1 aromatic rings. The fourth-order valence-electron chi connectivity index (χ4n) is 2.46. The number of ether oxygens (including phenoxy) is 1. The third kappa shape index (κ3) is 2.34. The number of hydrogen-bond donors (Lipinski definition) is 1. The van der Waals surface area contributed by atoms with Crippen molar-refractivity contribution in [3.8, 4) is 5.75 Å². The summed E-state index contributed by atoms with van der Waals surface area (Å²) < 4.78 is 5.13. The fraction of sp³-hybridized carbons (Fsp3) is 0.500. The number of benzene rings is 1. The largest absolute Gasteiger partial charge is 0.497 e. The van der Waals surface area contributed by atoms with E-state index in [1.54, 1.807) is 19.2 Å². The van der Waals surface area contributed by atoms with E-state index in [-0.39, 0.29) is 24.5 Å². The van der Waals surface area contributed by atoms with Crippen LogP contribution in [0.5, 0.6) is 5.75 Å². The van der Waals surface area contributed by atoms with Gasteiger partial charge in [-0.1, -0.05) is 6.07 Å². The van der Waals surface area contributed by atoms with Crippen LogP contribution in [-0.2, 0) is 0 Å². The zero-order valence-corrected chi connectivity index (χ0v) is 10.8. The van der Waals surface area contributed by atoms with Gasteiger partial charge in [0.1, 0.15) is 5.75 Å². The fourth-order valence-corrected chi connectivity index (χ4v) is 2.46. The molecule has 1 fully saturated rings. The molecule has 1 aliphatic heterocycles. The van der Waals surface area contributed by atoms with Crippen molar-refractivity contribution >= 4 is 5.91 Å². The Morgan fingerprint density at radius 2 is 2.33 bits per heavy atom. The lowest BCUT2D eigenvalue weighted by atomic mass is 10.0. The molecule has 2 atom stereocenters. The predicted octanol–water partition coefficient (Wildman–Crippen LogP) is 1.54. The smallest absolute Gasteiger partial charge is 0.254 e. The predicted molar refractivity (Wildman–Crippen MR) is 68.7 cm³/mol. The first-order chi connectivity index (χ1) is 8.67. The van der Waals surface area contributed by atoms with E-state index in [0.29, 0.717) is 17.9 Å². The Morgan fingerprint density at radius 1 is 1.56 bits per heavy atom. The molecule has 1 heterocycles.